The highest BCUT2D eigenvalue weighted by atomic mass is 32.1. The van der Waals surface area contributed by atoms with Crippen molar-refractivity contribution in [2.75, 3.05) is 0 Å². The smallest absolute Gasteiger partial charge is 0.210 e. The average molecular weight is 216 g/mol. The number of rotatable bonds is 0. The molecule has 0 amide bonds. The highest BCUT2D eigenvalue weighted by molar-refractivity contribution is 7.17. The molecule has 0 saturated heterocycles. The van der Waals surface area contributed by atoms with Crippen LogP contribution in [-0.2, 0) is 5.41 Å². The highest BCUT2D eigenvalue weighted by Gasteiger charge is 2.20. The number of thiophene rings is 1. The third-order valence-corrected chi connectivity index (χ3v) is 3.10. The van der Waals surface area contributed by atoms with Crippen LogP contribution in [0.25, 0.3) is 15.1 Å². The monoisotopic (exact) mass is 216 g/mol. The quantitative estimate of drug-likeness (QED) is 0.605. The van der Waals surface area contributed by atoms with Gasteiger partial charge in [-0.3, -0.25) is 4.98 Å². The second-order valence-corrected chi connectivity index (χ2v) is 5.47. The molecule has 76 valence electrons. The molecule has 2 heterocycles. The molecule has 2 aromatic heterocycles. The molecule has 0 spiro atoms. The predicted octanol–water partition coefficient (Wildman–Crippen LogP) is 4.14. The molecule has 0 aliphatic heterocycles. The normalized spacial score (nSPS) is 11.6. The zero-order valence-electron chi connectivity index (χ0n) is 9.03. The van der Waals surface area contributed by atoms with E-state index in [0.717, 1.165) is 15.9 Å². The third kappa shape index (κ3) is 1.73. The van der Waals surface area contributed by atoms with E-state index in [2.05, 4.69) is 30.6 Å². The highest BCUT2D eigenvalue weighted by Crippen LogP contribution is 2.34. The lowest BCUT2D eigenvalue weighted by molar-refractivity contribution is 0.575. The summed E-state index contributed by atoms with van der Waals surface area (Å²) in [6.45, 7) is 13.4. The van der Waals surface area contributed by atoms with Gasteiger partial charge in [0, 0.05) is 4.70 Å². The summed E-state index contributed by atoms with van der Waals surface area (Å²) in [4.78, 5) is 8.13. The van der Waals surface area contributed by atoms with Gasteiger partial charge in [0.05, 0.1) is 17.8 Å². The lowest BCUT2D eigenvalue weighted by Gasteiger charge is -2.19. The molecule has 0 aliphatic carbocycles. The van der Waals surface area contributed by atoms with Crippen LogP contribution in [0.4, 0.5) is 5.69 Å². The summed E-state index contributed by atoms with van der Waals surface area (Å²) in [6, 6.07) is 3.95. The maximum Gasteiger partial charge on any atom is 0.210 e. The van der Waals surface area contributed by atoms with Crippen molar-refractivity contribution in [1.82, 2.24) is 4.98 Å². The van der Waals surface area contributed by atoms with Crippen LogP contribution in [0, 0.1) is 6.57 Å². The van der Waals surface area contributed by atoms with Crippen LogP contribution in [0.15, 0.2) is 17.5 Å². The maximum atomic E-state index is 7.18. The van der Waals surface area contributed by atoms with E-state index in [1.807, 2.05) is 17.5 Å². The van der Waals surface area contributed by atoms with E-state index in [9.17, 15) is 0 Å². The van der Waals surface area contributed by atoms with Crippen LogP contribution < -0.4 is 0 Å². The first-order valence-electron chi connectivity index (χ1n) is 4.78. The van der Waals surface area contributed by atoms with Crippen molar-refractivity contribution in [1.29, 1.82) is 0 Å². The molecule has 0 aromatic carbocycles. The Morgan fingerprint density at radius 2 is 2.13 bits per heavy atom. The largest absolute Gasteiger partial charge is 0.263 e. The number of hydrogen-bond acceptors (Lipinski definition) is 2. The Bertz CT molecular complexity index is 541. The Morgan fingerprint density at radius 3 is 2.73 bits per heavy atom. The fraction of sp³-hybridized carbons (Fsp3) is 0.333. The van der Waals surface area contributed by atoms with E-state index in [-0.39, 0.29) is 5.41 Å². The molecular formula is C12H12N2S. The van der Waals surface area contributed by atoms with E-state index in [0.29, 0.717) is 5.69 Å². The van der Waals surface area contributed by atoms with E-state index < -0.39 is 0 Å². The second kappa shape index (κ2) is 3.32. The van der Waals surface area contributed by atoms with Gasteiger partial charge in [0.25, 0.3) is 0 Å². The maximum absolute atomic E-state index is 7.18. The zero-order chi connectivity index (χ0) is 11.1. The van der Waals surface area contributed by atoms with E-state index in [1.165, 1.54) is 0 Å². The van der Waals surface area contributed by atoms with E-state index in [1.54, 1.807) is 11.3 Å². The molecule has 0 saturated carbocycles. The molecule has 2 rings (SSSR count). The number of nitrogens with zero attached hydrogens (tertiary/aromatic N) is 2. The van der Waals surface area contributed by atoms with Crippen molar-refractivity contribution >= 4 is 27.2 Å². The van der Waals surface area contributed by atoms with Crippen LogP contribution in [0.5, 0.6) is 0 Å². The van der Waals surface area contributed by atoms with E-state index in [4.69, 9.17) is 6.57 Å². The van der Waals surface area contributed by atoms with Crippen LogP contribution in [0.2, 0.25) is 0 Å². The minimum Gasteiger partial charge on any atom is -0.263 e. The molecule has 2 nitrogen and oxygen atoms in total. The number of hydrogen-bond donors (Lipinski definition) is 0. The first kappa shape index (κ1) is 10.1. The molecule has 0 atom stereocenters. The average Bonchev–Trinajstić information content (AvgIpc) is 2.60. The summed E-state index contributed by atoms with van der Waals surface area (Å²) in [5, 5.41) is 2.01. The molecule has 0 aliphatic rings. The van der Waals surface area contributed by atoms with Crippen molar-refractivity contribution in [3.63, 3.8) is 0 Å². The standard InChI is InChI=1S/C12H12N2S/c1-12(2,3)11-9(13-4)7-10-8(14-11)5-6-15-10/h5-7H,1-3H3. The fourth-order valence-electron chi connectivity index (χ4n) is 1.52. The lowest BCUT2D eigenvalue weighted by Crippen LogP contribution is -2.13. The van der Waals surface area contributed by atoms with E-state index >= 15 is 0 Å². The van der Waals surface area contributed by atoms with Crippen molar-refractivity contribution in [2.45, 2.75) is 26.2 Å². The van der Waals surface area contributed by atoms with Gasteiger partial charge in [-0.15, -0.1) is 11.3 Å². The molecule has 0 bridgehead atoms. The van der Waals surface area contributed by atoms with Gasteiger partial charge in [-0.2, -0.15) is 0 Å². The van der Waals surface area contributed by atoms with Gasteiger partial charge in [-0.05, 0) is 22.9 Å². The molecule has 2 aromatic rings. The first-order chi connectivity index (χ1) is 7.02. The Balaban J connectivity index is 2.77. The Hall–Kier alpha value is -1.40. The van der Waals surface area contributed by atoms with Gasteiger partial charge in [-0.25, -0.2) is 4.85 Å². The minimum absolute atomic E-state index is 0.0734. The molecule has 0 N–H and O–H groups in total. The summed E-state index contributed by atoms with van der Waals surface area (Å²) in [6.07, 6.45) is 0. The van der Waals surface area contributed by atoms with Gasteiger partial charge < -0.3 is 0 Å². The number of aromatic nitrogens is 1. The molecule has 0 unspecified atom stereocenters. The number of fused-ring (bicyclic) bond motifs is 1. The van der Waals surface area contributed by atoms with Crippen molar-refractivity contribution in [3.05, 3.63) is 34.6 Å². The van der Waals surface area contributed by atoms with Crippen molar-refractivity contribution in [2.24, 2.45) is 0 Å². The summed E-state index contributed by atoms with van der Waals surface area (Å²) in [5.74, 6) is 0. The molecule has 15 heavy (non-hydrogen) atoms. The summed E-state index contributed by atoms with van der Waals surface area (Å²) >= 11 is 1.63. The summed E-state index contributed by atoms with van der Waals surface area (Å²) in [5.41, 5.74) is 2.49. The van der Waals surface area contributed by atoms with Gasteiger partial charge in [0.2, 0.25) is 5.69 Å². The minimum atomic E-state index is -0.0734. The zero-order valence-corrected chi connectivity index (χ0v) is 9.85. The molecule has 0 radical (unpaired) electrons. The third-order valence-electron chi connectivity index (χ3n) is 2.25. The van der Waals surface area contributed by atoms with Gasteiger partial charge in [0.1, 0.15) is 0 Å². The number of pyridine rings is 1. The molecular weight excluding hydrogens is 204 g/mol. The van der Waals surface area contributed by atoms with Crippen LogP contribution >= 0.6 is 11.3 Å². The molecule has 0 fully saturated rings. The summed E-state index contributed by atoms with van der Waals surface area (Å²) in [7, 11) is 0. The first-order valence-corrected chi connectivity index (χ1v) is 5.66. The van der Waals surface area contributed by atoms with Gasteiger partial charge in [0.15, 0.2) is 0 Å². The SMILES string of the molecule is [C-]#[N+]c1cc2sccc2nc1C(C)(C)C. The van der Waals surface area contributed by atoms with Crippen LogP contribution in [0.3, 0.4) is 0 Å². The molecule has 3 heteroatoms. The Labute approximate surface area is 93.4 Å². The van der Waals surface area contributed by atoms with Crippen LogP contribution in [0.1, 0.15) is 26.5 Å². The fourth-order valence-corrected chi connectivity index (χ4v) is 2.28. The second-order valence-electron chi connectivity index (χ2n) is 4.52. The lowest BCUT2D eigenvalue weighted by atomic mass is 9.90. The Morgan fingerprint density at radius 1 is 1.40 bits per heavy atom. The predicted molar refractivity (Wildman–Crippen MR) is 64.6 cm³/mol. The summed E-state index contributed by atoms with van der Waals surface area (Å²) < 4.78 is 1.09. The van der Waals surface area contributed by atoms with Gasteiger partial charge in [-0.1, -0.05) is 20.8 Å². The van der Waals surface area contributed by atoms with Gasteiger partial charge >= 0.3 is 0 Å². The van der Waals surface area contributed by atoms with Crippen LogP contribution in [-0.4, -0.2) is 4.98 Å². The Kier molecular flexibility index (Phi) is 2.24. The van der Waals surface area contributed by atoms with Crippen molar-refractivity contribution < 1.29 is 0 Å². The topological polar surface area (TPSA) is 17.2 Å². The van der Waals surface area contributed by atoms with Crippen molar-refractivity contribution in [3.8, 4) is 0 Å².